The predicted octanol–water partition coefficient (Wildman–Crippen LogP) is 3.95. The second kappa shape index (κ2) is 6.83. The number of aryl methyl sites for hydroxylation is 3. The monoisotopic (exact) mass is 402 g/mol. The van der Waals surface area contributed by atoms with Crippen LogP contribution in [-0.4, -0.2) is 22.9 Å². The van der Waals surface area contributed by atoms with Gasteiger partial charge in [0.15, 0.2) is 0 Å². The topological polar surface area (TPSA) is 70.8 Å². The van der Waals surface area contributed by atoms with Crippen LogP contribution < -0.4 is 10.5 Å². The molecule has 6 heteroatoms. The summed E-state index contributed by atoms with van der Waals surface area (Å²) in [6.45, 7) is 3.75. The largest absolute Gasteiger partial charge is 0.423 e. The van der Waals surface area contributed by atoms with E-state index in [0.717, 1.165) is 30.2 Å². The SMILES string of the molecule is Cc1ccc(N2C(=O)N(Cc3cc(=O)oc4cc5c(cc34)CCC5)C(=O)[C@@H]2C)cc1. The van der Waals surface area contributed by atoms with Gasteiger partial charge in [0.05, 0.1) is 6.54 Å². The van der Waals surface area contributed by atoms with Crippen molar-refractivity contribution in [1.29, 1.82) is 0 Å². The van der Waals surface area contributed by atoms with E-state index in [1.807, 2.05) is 43.3 Å². The minimum atomic E-state index is -0.601. The molecule has 30 heavy (non-hydrogen) atoms. The van der Waals surface area contributed by atoms with Gasteiger partial charge in [0.1, 0.15) is 11.6 Å². The fraction of sp³-hybridized carbons (Fsp3) is 0.292. The van der Waals surface area contributed by atoms with Gasteiger partial charge in [0.25, 0.3) is 5.91 Å². The van der Waals surface area contributed by atoms with Crippen molar-refractivity contribution in [3.63, 3.8) is 0 Å². The highest BCUT2D eigenvalue weighted by molar-refractivity contribution is 6.14. The van der Waals surface area contributed by atoms with E-state index in [-0.39, 0.29) is 18.5 Å². The van der Waals surface area contributed by atoms with Crippen molar-refractivity contribution in [2.45, 2.75) is 45.7 Å². The summed E-state index contributed by atoms with van der Waals surface area (Å²) in [5, 5.41) is 0.789. The van der Waals surface area contributed by atoms with Gasteiger partial charge in [0, 0.05) is 17.1 Å². The van der Waals surface area contributed by atoms with Gasteiger partial charge < -0.3 is 4.42 Å². The zero-order valence-electron chi connectivity index (χ0n) is 17.0. The van der Waals surface area contributed by atoms with Crippen molar-refractivity contribution in [3.05, 3.63) is 75.1 Å². The molecule has 2 heterocycles. The molecule has 0 saturated carbocycles. The van der Waals surface area contributed by atoms with Gasteiger partial charge in [-0.1, -0.05) is 17.7 Å². The van der Waals surface area contributed by atoms with Crippen molar-refractivity contribution in [3.8, 4) is 0 Å². The van der Waals surface area contributed by atoms with Crippen LogP contribution >= 0.6 is 0 Å². The number of benzene rings is 2. The maximum atomic E-state index is 13.2. The van der Waals surface area contributed by atoms with Crippen LogP contribution in [0, 0.1) is 6.92 Å². The lowest BCUT2D eigenvalue weighted by Gasteiger charge is -2.19. The first kappa shape index (κ1) is 18.6. The average Bonchev–Trinajstić information content (AvgIpc) is 3.25. The van der Waals surface area contributed by atoms with E-state index in [1.54, 1.807) is 6.92 Å². The normalized spacial score (nSPS) is 18.5. The van der Waals surface area contributed by atoms with Crippen LogP contribution in [0.5, 0.6) is 0 Å². The van der Waals surface area contributed by atoms with Crippen molar-refractivity contribution in [1.82, 2.24) is 4.90 Å². The number of anilines is 1. The molecule has 1 fully saturated rings. The number of fused-ring (bicyclic) bond motifs is 2. The van der Waals surface area contributed by atoms with E-state index in [1.165, 1.54) is 27.0 Å². The summed E-state index contributed by atoms with van der Waals surface area (Å²) >= 11 is 0. The summed E-state index contributed by atoms with van der Waals surface area (Å²) in [5.41, 5.74) is 4.89. The minimum absolute atomic E-state index is 0.0469. The van der Waals surface area contributed by atoms with Gasteiger partial charge >= 0.3 is 11.7 Å². The van der Waals surface area contributed by atoms with Crippen LogP contribution in [-0.2, 0) is 24.2 Å². The fourth-order valence-electron chi connectivity index (χ4n) is 4.51. The first-order valence-electron chi connectivity index (χ1n) is 10.2. The third-order valence-electron chi connectivity index (χ3n) is 6.13. The zero-order valence-corrected chi connectivity index (χ0v) is 17.0. The molecule has 3 amide bonds. The summed E-state index contributed by atoms with van der Waals surface area (Å²) in [4.78, 5) is 41.0. The predicted molar refractivity (Wildman–Crippen MR) is 114 cm³/mol. The molecule has 2 aliphatic rings. The van der Waals surface area contributed by atoms with E-state index >= 15 is 0 Å². The van der Waals surface area contributed by atoms with E-state index in [4.69, 9.17) is 4.42 Å². The van der Waals surface area contributed by atoms with Gasteiger partial charge in [-0.3, -0.25) is 14.6 Å². The minimum Gasteiger partial charge on any atom is -0.423 e. The van der Waals surface area contributed by atoms with Gasteiger partial charge in [-0.05, 0) is 74.1 Å². The maximum Gasteiger partial charge on any atom is 0.336 e. The molecule has 1 aliphatic heterocycles. The van der Waals surface area contributed by atoms with Gasteiger partial charge in [-0.25, -0.2) is 9.59 Å². The molecule has 1 aliphatic carbocycles. The number of carbonyl (C=O) groups is 2. The van der Waals surface area contributed by atoms with Crippen molar-refractivity contribution >= 4 is 28.6 Å². The maximum absolute atomic E-state index is 13.2. The molecule has 0 unspecified atom stereocenters. The van der Waals surface area contributed by atoms with Crippen molar-refractivity contribution in [2.24, 2.45) is 0 Å². The van der Waals surface area contributed by atoms with E-state index in [9.17, 15) is 14.4 Å². The van der Waals surface area contributed by atoms with Gasteiger partial charge in [-0.2, -0.15) is 0 Å². The van der Waals surface area contributed by atoms with Crippen LogP contribution in [0.4, 0.5) is 10.5 Å². The second-order valence-corrected chi connectivity index (χ2v) is 8.15. The standard InChI is InChI=1S/C24H22N2O4/c1-14-6-8-19(9-7-14)26-15(2)23(28)25(24(26)29)13-18-12-22(27)30-21-11-17-5-3-4-16(17)10-20(18)21/h6-12,15H,3-5,13H2,1-2H3/t15-/m0/s1. The van der Waals surface area contributed by atoms with Crippen molar-refractivity contribution in [2.75, 3.05) is 4.90 Å². The Hall–Kier alpha value is -3.41. The smallest absolute Gasteiger partial charge is 0.336 e. The van der Waals surface area contributed by atoms with Crippen LogP contribution in [0.2, 0.25) is 0 Å². The van der Waals surface area contributed by atoms with Gasteiger partial charge in [-0.15, -0.1) is 0 Å². The third-order valence-corrected chi connectivity index (χ3v) is 6.13. The van der Waals surface area contributed by atoms with Crippen LogP contribution in [0.25, 0.3) is 11.0 Å². The molecule has 1 aromatic heterocycles. The average molecular weight is 402 g/mol. The molecule has 5 rings (SSSR count). The quantitative estimate of drug-likeness (QED) is 0.491. The molecule has 0 bridgehead atoms. The fourth-order valence-corrected chi connectivity index (χ4v) is 4.51. The Morgan fingerprint density at radius 2 is 1.70 bits per heavy atom. The molecule has 6 nitrogen and oxygen atoms in total. The molecule has 0 radical (unpaired) electrons. The number of nitrogens with zero attached hydrogens (tertiary/aromatic N) is 2. The summed E-state index contributed by atoms with van der Waals surface area (Å²) in [6, 6.07) is 11.9. The highest BCUT2D eigenvalue weighted by atomic mass is 16.4. The van der Waals surface area contributed by atoms with Crippen LogP contribution in [0.1, 0.15) is 35.6 Å². The Bertz CT molecular complexity index is 1240. The molecule has 3 aromatic rings. The first-order chi connectivity index (χ1) is 14.4. The molecule has 2 aromatic carbocycles. The number of carbonyl (C=O) groups excluding carboxylic acids is 2. The number of imide groups is 1. The van der Waals surface area contributed by atoms with Crippen LogP contribution in [0.3, 0.4) is 0 Å². The second-order valence-electron chi connectivity index (χ2n) is 8.15. The Balaban J connectivity index is 1.53. The zero-order chi connectivity index (χ0) is 21.0. The highest BCUT2D eigenvalue weighted by Crippen LogP contribution is 2.31. The number of amides is 3. The molecule has 0 N–H and O–H groups in total. The Labute approximate surface area is 173 Å². The molecule has 152 valence electrons. The molecule has 1 atom stereocenters. The number of hydrogen-bond acceptors (Lipinski definition) is 4. The summed E-state index contributed by atoms with van der Waals surface area (Å²) < 4.78 is 5.41. The first-order valence-corrected chi connectivity index (χ1v) is 10.2. The van der Waals surface area contributed by atoms with E-state index < -0.39 is 11.7 Å². The van der Waals surface area contributed by atoms with E-state index in [0.29, 0.717) is 16.8 Å². The Kier molecular flexibility index (Phi) is 4.24. The lowest BCUT2D eigenvalue weighted by atomic mass is 10.0. The molecule has 1 saturated heterocycles. The number of urea groups is 1. The Morgan fingerprint density at radius 3 is 2.43 bits per heavy atom. The molecular weight excluding hydrogens is 380 g/mol. The van der Waals surface area contributed by atoms with E-state index in [2.05, 4.69) is 0 Å². The van der Waals surface area contributed by atoms with Crippen LogP contribution in [0.15, 0.2) is 51.7 Å². The van der Waals surface area contributed by atoms with Crippen molar-refractivity contribution < 1.29 is 14.0 Å². The summed E-state index contributed by atoms with van der Waals surface area (Å²) in [7, 11) is 0. The number of hydrogen-bond donors (Lipinski definition) is 0. The summed E-state index contributed by atoms with van der Waals surface area (Å²) in [5.74, 6) is -0.275. The lowest BCUT2D eigenvalue weighted by Crippen LogP contribution is -2.33. The van der Waals surface area contributed by atoms with Gasteiger partial charge in [0.2, 0.25) is 0 Å². The number of rotatable bonds is 3. The third kappa shape index (κ3) is 2.91. The lowest BCUT2D eigenvalue weighted by molar-refractivity contribution is -0.127. The summed E-state index contributed by atoms with van der Waals surface area (Å²) in [6.07, 6.45) is 3.05. The Morgan fingerprint density at radius 1 is 1.00 bits per heavy atom. The molecule has 0 spiro atoms. The highest BCUT2D eigenvalue weighted by Gasteiger charge is 2.43. The molecular formula is C24H22N2O4.